The van der Waals surface area contributed by atoms with Crippen molar-refractivity contribution in [2.45, 2.75) is 17.7 Å². The summed E-state index contributed by atoms with van der Waals surface area (Å²) in [6.45, 7) is 0.661. The first kappa shape index (κ1) is 20.4. The highest BCUT2D eigenvalue weighted by molar-refractivity contribution is 7.89. The summed E-state index contributed by atoms with van der Waals surface area (Å²) in [6.07, 6.45) is 1.44. The summed E-state index contributed by atoms with van der Waals surface area (Å²) in [5.41, 5.74) is 0.167. The molecule has 0 aliphatic carbocycles. The number of rotatable bonds is 4. The van der Waals surface area contributed by atoms with Crippen LogP contribution >= 0.6 is 34.8 Å². The van der Waals surface area contributed by atoms with Crippen LogP contribution < -0.4 is 5.32 Å². The molecule has 1 fully saturated rings. The SMILES string of the molecule is O=C(Nc1cc(Cl)c(Cl)cc1Cl)c1ccc(F)c(S(=O)(=O)N2CCCC2)c1. The molecule has 1 aliphatic rings. The Morgan fingerprint density at radius 1 is 1.00 bits per heavy atom. The van der Waals surface area contributed by atoms with Crippen molar-refractivity contribution in [1.82, 2.24) is 4.31 Å². The number of carbonyl (C=O) groups is 1. The van der Waals surface area contributed by atoms with Crippen molar-refractivity contribution in [1.29, 1.82) is 0 Å². The maximum Gasteiger partial charge on any atom is 0.255 e. The van der Waals surface area contributed by atoms with E-state index >= 15 is 0 Å². The van der Waals surface area contributed by atoms with Crippen LogP contribution in [-0.4, -0.2) is 31.7 Å². The number of amides is 1. The van der Waals surface area contributed by atoms with Crippen LogP contribution in [0.5, 0.6) is 0 Å². The summed E-state index contributed by atoms with van der Waals surface area (Å²) in [5, 5.41) is 3.08. The molecule has 1 heterocycles. The van der Waals surface area contributed by atoms with E-state index in [-0.39, 0.29) is 26.3 Å². The van der Waals surface area contributed by atoms with Gasteiger partial charge in [-0.1, -0.05) is 34.8 Å². The third kappa shape index (κ3) is 4.22. The summed E-state index contributed by atoms with van der Waals surface area (Å²) in [4.78, 5) is 12.0. The van der Waals surface area contributed by atoms with Crippen LogP contribution in [0, 0.1) is 5.82 Å². The zero-order valence-corrected chi connectivity index (χ0v) is 16.9. The molecule has 5 nitrogen and oxygen atoms in total. The molecular weight excluding hydrogens is 438 g/mol. The molecule has 0 atom stereocenters. The van der Waals surface area contributed by atoms with E-state index in [1.54, 1.807) is 0 Å². The zero-order valence-electron chi connectivity index (χ0n) is 13.8. The lowest BCUT2D eigenvalue weighted by molar-refractivity contribution is 0.102. The van der Waals surface area contributed by atoms with Crippen LogP contribution in [0.15, 0.2) is 35.2 Å². The minimum atomic E-state index is -4.01. The fraction of sp³-hybridized carbons (Fsp3) is 0.235. The van der Waals surface area contributed by atoms with Gasteiger partial charge in [-0.05, 0) is 43.2 Å². The molecule has 2 aromatic rings. The van der Waals surface area contributed by atoms with Crippen molar-refractivity contribution in [3.63, 3.8) is 0 Å². The predicted octanol–water partition coefficient (Wildman–Crippen LogP) is 4.82. The smallest absolute Gasteiger partial charge is 0.255 e. The van der Waals surface area contributed by atoms with E-state index in [1.807, 2.05) is 0 Å². The Labute approximate surface area is 171 Å². The molecule has 1 aliphatic heterocycles. The molecule has 1 N–H and O–H groups in total. The normalized spacial score (nSPS) is 15.1. The maximum absolute atomic E-state index is 14.2. The summed E-state index contributed by atoms with van der Waals surface area (Å²) in [6, 6.07) is 5.90. The van der Waals surface area contributed by atoms with Crippen molar-refractivity contribution in [2.24, 2.45) is 0 Å². The Balaban J connectivity index is 1.92. The van der Waals surface area contributed by atoms with Crippen LogP contribution in [0.25, 0.3) is 0 Å². The lowest BCUT2D eigenvalue weighted by Crippen LogP contribution is -2.29. The van der Waals surface area contributed by atoms with Gasteiger partial charge in [-0.2, -0.15) is 4.31 Å². The highest BCUT2D eigenvalue weighted by atomic mass is 35.5. The van der Waals surface area contributed by atoms with Crippen LogP contribution in [-0.2, 0) is 10.0 Å². The fourth-order valence-corrected chi connectivity index (χ4v) is 4.92. The third-order valence-electron chi connectivity index (χ3n) is 4.13. The zero-order chi connectivity index (χ0) is 19.8. The average molecular weight is 452 g/mol. The van der Waals surface area contributed by atoms with E-state index in [2.05, 4.69) is 5.32 Å². The van der Waals surface area contributed by atoms with Gasteiger partial charge in [0.2, 0.25) is 10.0 Å². The number of nitrogens with one attached hydrogen (secondary N) is 1. The number of benzene rings is 2. The second kappa shape index (κ2) is 7.93. The molecule has 0 radical (unpaired) electrons. The first-order chi connectivity index (χ1) is 12.7. The molecule has 0 spiro atoms. The highest BCUT2D eigenvalue weighted by Gasteiger charge is 2.30. The molecule has 2 aromatic carbocycles. The molecule has 0 bridgehead atoms. The number of nitrogens with zero attached hydrogens (tertiary/aromatic N) is 1. The lowest BCUT2D eigenvalue weighted by Gasteiger charge is -2.16. The Morgan fingerprint density at radius 2 is 1.63 bits per heavy atom. The second-order valence-corrected chi connectivity index (χ2v) is 9.08. The Bertz CT molecular complexity index is 1010. The molecule has 0 saturated carbocycles. The Morgan fingerprint density at radius 3 is 2.30 bits per heavy atom. The van der Waals surface area contributed by atoms with Crippen molar-refractivity contribution in [2.75, 3.05) is 18.4 Å². The second-order valence-electron chi connectivity index (χ2n) is 5.96. The van der Waals surface area contributed by atoms with Gasteiger partial charge >= 0.3 is 0 Å². The maximum atomic E-state index is 14.2. The number of carbonyl (C=O) groups excluding carboxylic acids is 1. The van der Waals surface area contributed by atoms with Gasteiger partial charge in [0.15, 0.2) is 0 Å². The predicted molar refractivity (Wildman–Crippen MR) is 104 cm³/mol. The van der Waals surface area contributed by atoms with E-state index < -0.39 is 26.6 Å². The Hall–Kier alpha value is -1.38. The number of sulfonamides is 1. The van der Waals surface area contributed by atoms with Gasteiger partial charge in [0.05, 0.1) is 20.8 Å². The molecule has 0 unspecified atom stereocenters. The van der Waals surface area contributed by atoms with E-state index in [0.29, 0.717) is 13.1 Å². The van der Waals surface area contributed by atoms with E-state index in [1.165, 1.54) is 22.5 Å². The number of anilines is 1. The van der Waals surface area contributed by atoms with Crippen molar-refractivity contribution in [3.05, 3.63) is 56.8 Å². The summed E-state index contributed by atoms with van der Waals surface area (Å²) in [5.74, 6) is -1.57. The molecule has 1 amide bonds. The quantitative estimate of drug-likeness (QED) is 0.678. The van der Waals surface area contributed by atoms with Gasteiger partial charge in [0.1, 0.15) is 10.7 Å². The summed E-state index contributed by atoms with van der Waals surface area (Å²) in [7, 11) is -4.01. The summed E-state index contributed by atoms with van der Waals surface area (Å²) < 4.78 is 40.6. The Kier molecular flexibility index (Phi) is 5.98. The van der Waals surface area contributed by atoms with Gasteiger partial charge < -0.3 is 5.32 Å². The van der Waals surface area contributed by atoms with E-state index in [4.69, 9.17) is 34.8 Å². The van der Waals surface area contributed by atoms with E-state index in [0.717, 1.165) is 25.0 Å². The largest absolute Gasteiger partial charge is 0.321 e. The van der Waals surface area contributed by atoms with Crippen LogP contribution in [0.1, 0.15) is 23.2 Å². The molecule has 3 rings (SSSR count). The highest BCUT2D eigenvalue weighted by Crippen LogP contribution is 2.32. The number of hydrogen-bond donors (Lipinski definition) is 1. The molecule has 1 saturated heterocycles. The van der Waals surface area contributed by atoms with Gasteiger partial charge in [0, 0.05) is 18.7 Å². The first-order valence-corrected chi connectivity index (χ1v) is 10.5. The molecule has 144 valence electrons. The molecule has 27 heavy (non-hydrogen) atoms. The van der Waals surface area contributed by atoms with Gasteiger partial charge in [-0.15, -0.1) is 0 Å². The molecule has 10 heteroatoms. The van der Waals surface area contributed by atoms with Crippen LogP contribution in [0.3, 0.4) is 0 Å². The fourth-order valence-electron chi connectivity index (χ4n) is 2.72. The number of halogens is 4. The number of hydrogen-bond acceptors (Lipinski definition) is 3. The van der Waals surface area contributed by atoms with Crippen LogP contribution in [0.2, 0.25) is 15.1 Å². The van der Waals surface area contributed by atoms with Gasteiger partial charge in [0.25, 0.3) is 5.91 Å². The first-order valence-electron chi connectivity index (χ1n) is 7.96. The minimum absolute atomic E-state index is 0.0312. The van der Waals surface area contributed by atoms with Crippen molar-refractivity contribution >= 4 is 56.4 Å². The standard InChI is InChI=1S/C17H14Cl3FN2O3S/c18-11-8-13(20)15(9-12(11)19)22-17(24)10-3-4-14(21)16(7-10)27(25,26)23-5-1-2-6-23/h3-4,7-9H,1-2,5-6H2,(H,22,24). The topological polar surface area (TPSA) is 66.5 Å². The van der Waals surface area contributed by atoms with Crippen molar-refractivity contribution in [3.8, 4) is 0 Å². The average Bonchev–Trinajstić information content (AvgIpc) is 3.15. The van der Waals surface area contributed by atoms with Crippen LogP contribution in [0.4, 0.5) is 10.1 Å². The third-order valence-corrected chi connectivity index (χ3v) is 7.08. The van der Waals surface area contributed by atoms with Gasteiger partial charge in [-0.3, -0.25) is 4.79 Å². The summed E-state index contributed by atoms with van der Waals surface area (Å²) >= 11 is 17.8. The lowest BCUT2D eigenvalue weighted by atomic mass is 10.2. The molecular formula is C17H14Cl3FN2O3S. The monoisotopic (exact) mass is 450 g/mol. The van der Waals surface area contributed by atoms with E-state index in [9.17, 15) is 17.6 Å². The van der Waals surface area contributed by atoms with Gasteiger partial charge in [-0.25, -0.2) is 12.8 Å². The minimum Gasteiger partial charge on any atom is -0.321 e. The van der Waals surface area contributed by atoms with Crippen molar-refractivity contribution < 1.29 is 17.6 Å². The molecule has 0 aromatic heterocycles.